The fourth-order valence-corrected chi connectivity index (χ4v) is 3.39. The molecule has 2 aromatic carbocycles. The van der Waals surface area contributed by atoms with E-state index in [0.717, 1.165) is 18.5 Å². The average molecular weight is 382 g/mol. The Morgan fingerprint density at radius 2 is 1.89 bits per heavy atom. The number of rotatable bonds is 7. The number of halogens is 1. The lowest BCUT2D eigenvalue weighted by molar-refractivity contribution is 0.106. The zero-order chi connectivity index (χ0) is 19.9. The topological polar surface area (TPSA) is 61.4 Å². The first kappa shape index (κ1) is 19.9. The lowest BCUT2D eigenvalue weighted by Gasteiger charge is -2.19. The fraction of sp³-hybridized carbons (Fsp3) is 0.318. The predicted molar refractivity (Wildman–Crippen MR) is 112 cm³/mol. The number of hydrogen-bond donors (Lipinski definition) is 3. The van der Waals surface area contributed by atoms with E-state index < -0.39 is 0 Å². The van der Waals surface area contributed by atoms with Gasteiger partial charge >= 0.3 is 0 Å². The van der Waals surface area contributed by atoms with E-state index >= 15 is 0 Å². The molecule has 0 spiro atoms. The molecule has 1 unspecified atom stereocenters. The SMILES string of the molecule is CN=C(NCCc1c(C)[nH]c2ccccc12)NCC(OC)c1ccc(F)cc1. The largest absolute Gasteiger partial charge is 0.375 e. The van der Waals surface area contributed by atoms with Crippen molar-refractivity contribution in [1.82, 2.24) is 15.6 Å². The Kier molecular flexibility index (Phi) is 6.66. The normalized spacial score (nSPS) is 12.9. The number of H-pyrrole nitrogens is 1. The number of benzene rings is 2. The first-order valence-electron chi connectivity index (χ1n) is 9.41. The van der Waals surface area contributed by atoms with Gasteiger partial charge in [0.25, 0.3) is 0 Å². The Morgan fingerprint density at radius 3 is 2.61 bits per heavy atom. The molecule has 3 rings (SSSR count). The molecule has 0 radical (unpaired) electrons. The molecule has 0 fully saturated rings. The number of fused-ring (bicyclic) bond motifs is 1. The highest BCUT2D eigenvalue weighted by Gasteiger charge is 2.12. The summed E-state index contributed by atoms with van der Waals surface area (Å²) in [5.74, 6) is 0.457. The number of methoxy groups -OCH3 is 1. The first-order chi connectivity index (χ1) is 13.6. The van der Waals surface area contributed by atoms with Crippen LogP contribution < -0.4 is 10.6 Å². The Bertz CT molecular complexity index is 933. The van der Waals surface area contributed by atoms with Gasteiger partial charge in [0.1, 0.15) is 5.82 Å². The summed E-state index contributed by atoms with van der Waals surface area (Å²) in [7, 11) is 3.39. The van der Waals surface area contributed by atoms with Gasteiger partial charge in [-0.15, -0.1) is 0 Å². The summed E-state index contributed by atoms with van der Waals surface area (Å²) in [4.78, 5) is 7.71. The highest BCUT2D eigenvalue weighted by atomic mass is 19.1. The molecule has 0 amide bonds. The van der Waals surface area contributed by atoms with Crippen LogP contribution in [0.5, 0.6) is 0 Å². The molecule has 1 aromatic heterocycles. The quantitative estimate of drug-likeness (QED) is 0.431. The number of nitrogens with one attached hydrogen (secondary N) is 3. The minimum atomic E-state index is -0.253. The van der Waals surface area contributed by atoms with E-state index in [-0.39, 0.29) is 11.9 Å². The molecule has 0 aliphatic rings. The number of hydrogen-bond acceptors (Lipinski definition) is 2. The standard InChI is InChI=1S/C22H27FN4O/c1-15-18(19-6-4-5-7-20(19)27-15)12-13-25-22(24-2)26-14-21(28-3)16-8-10-17(23)11-9-16/h4-11,21,27H,12-14H2,1-3H3,(H2,24,25,26). The van der Waals surface area contributed by atoms with Crippen LogP contribution in [-0.2, 0) is 11.2 Å². The molecule has 3 aromatic rings. The summed E-state index contributed by atoms with van der Waals surface area (Å²) in [6, 6.07) is 14.7. The van der Waals surface area contributed by atoms with Crippen LogP contribution in [-0.4, -0.2) is 38.2 Å². The van der Waals surface area contributed by atoms with Crippen molar-refractivity contribution in [3.63, 3.8) is 0 Å². The van der Waals surface area contributed by atoms with Crippen LogP contribution in [0.15, 0.2) is 53.5 Å². The Labute approximate surface area is 165 Å². The number of aryl methyl sites for hydroxylation is 1. The molecular formula is C22H27FN4O. The van der Waals surface area contributed by atoms with Crippen LogP contribution in [0, 0.1) is 12.7 Å². The summed E-state index contributed by atoms with van der Waals surface area (Å²) in [5.41, 5.74) is 4.60. The van der Waals surface area contributed by atoms with E-state index in [1.54, 1.807) is 26.3 Å². The summed E-state index contributed by atoms with van der Waals surface area (Å²) >= 11 is 0. The molecule has 0 saturated carbocycles. The van der Waals surface area contributed by atoms with Gasteiger partial charge in [0.15, 0.2) is 5.96 Å². The third-order valence-corrected chi connectivity index (χ3v) is 4.90. The molecule has 0 bridgehead atoms. The molecule has 28 heavy (non-hydrogen) atoms. The van der Waals surface area contributed by atoms with Gasteiger partial charge in [-0.1, -0.05) is 30.3 Å². The molecule has 6 heteroatoms. The minimum Gasteiger partial charge on any atom is -0.375 e. The number of ether oxygens (including phenoxy) is 1. The number of aliphatic imine (C=N–C) groups is 1. The second kappa shape index (κ2) is 9.37. The molecule has 0 aliphatic heterocycles. The summed E-state index contributed by atoms with van der Waals surface area (Å²) in [6.07, 6.45) is 0.706. The highest BCUT2D eigenvalue weighted by Crippen LogP contribution is 2.22. The van der Waals surface area contributed by atoms with E-state index in [2.05, 4.69) is 45.7 Å². The van der Waals surface area contributed by atoms with Crippen LogP contribution in [0.3, 0.4) is 0 Å². The molecule has 1 heterocycles. The zero-order valence-electron chi connectivity index (χ0n) is 16.6. The monoisotopic (exact) mass is 382 g/mol. The van der Waals surface area contributed by atoms with E-state index in [0.29, 0.717) is 12.5 Å². The van der Waals surface area contributed by atoms with Crippen LogP contribution in [0.1, 0.15) is 22.9 Å². The average Bonchev–Trinajstić information content (AvgIpc) is 3.03. The number of para-hydroxylation sites is 1. The second-order valence-corrected chi connectivity index (χ2v) is 6.68. The van der Waals surface area contributed by atoms with Gasteiger partial charge in [0, 0.05) is 43.8 Å². The molecule has 3 N–H and O–H groups in total. The Balaban J connectivity index is 1.54. The predicted octanol–water partition coefficient (Wildman–Crippen LogP) is 3.71. The van der Waals surface area contributed by atoms with Gasteiger partial charge in [-0.2, -0.15) is 0 Å². The van der Waals surface area contributed by atoms with Gasteiger partial charge in [-0.3, -0.25) is 4.99 Å². The summed E-state index contributed by atoms with van der Waals surface area (Å²) in [5, 5.41) is 7.89. The van der Waals surface area contributed by atoms with Crippen molar-refractivity contribution in [3.8, 4) is 0 Å². The molecular weight excluding hydrogens is 355 g/mol. The molecule has 1 atom stereocenters. The first-order valence-corrected chi connectivity index (χ1v) is 9.41. The maximum absolute atomic E-state index is 13.1. The zero-order valence-corrected chi connectivity index (χ0v) is 16.6. The minimum absolute atomic E-state index is 0.185. The van der Waals surface area contributed by atoms with E-state index in [4.69, 9.17) is 4.74 Å². The third-order valence-electron chi connectivity index (χ3n) is 4.90. The van der Waals surface area contributed by atoms with Crippen LogP contribution in [0.25, 0.3) is 10.9 Å². The Morgan fingerprint density at radius 1 is 1.14 bits per heavy atom. The number of aromatic nitrogens is 1. The van der Waals surface area contributed by atoms with Crippen molar-refractivity contribution in [1.29, 1.82) is 0 Å². The molecule has 0 saturated heterocycles. The van der Waals surface area contributed by atoms with Gasteiger partial charge < -0.3 is 20.4 Å². The van der Waals surface area contributed by atoms with E-state index in [1.165, 1.54) is 34.3 Å². The van der Waals surface area contributed by atoms with Gasteiger partial charge in [0.2, 0.25) is 0 Å². The van der Waals surface area contributed by atoms with Crippen molar-refractivity contribution < 1.29 is 9.13 Å². The summed E-state index contributed by atoms with van der Waals surface area (Å²) in [6.45, 7) is 3.40. The number of nitrogens with zero attached hydrogens (tertiary/aromatic N) is 1. The Hall–Kier alpha value is -2.86. The third kappa shape index (κ3) is 4.70. The smallest absolute Gasteiger partial charge is 0.191 e. The van der Waals surface area contributed by atoms with Crippen molar-refractivity contribution >= 4 is 16.9 Å². The van der Waals surface area contributed by atoms with E-state index in [9.17, 15) is 4.39 Å². The molecule has 148 valence electrons. The number of guanidine groups is 1. The van der Waals surface area contributed by atoms with Crippen LogP contribution >= 0.6 is 0 Å². The highest BCUT2D eigenvalue weighted by molar-refractivity contribution is 5.84. The maximum Gasteiger partial charge on any atom is 0.191 e. The van der Waals surface area contributed by atoms with Crippen molar-refractivity contribution in [2.45, 2.75) is 19.4 Å². The van der Waals surface area contributed by atoms with Crippen LogP contribution in [0.2, 0.25) is 0 Å². The van der Waals surface area contributed by atoms with E-state index in [1.807, 2.05) is 6.07 Å². The van der Waals surface area contributed by atoms with Gasteiger partial charge in [0.05, 0.1) is 6.10 Å². The maximum atomic E-state index is 13.1. The lowest BCUT2D eigenvalue weighted by Crippen LogP contribution is -2.40. The second-order valence-electron chi connectivity index (χ2n) is 6.68. The van der Waals surface area contributed by atoms with Gasteiger partial charge in [-0.05, 0) is 42.7 Å². The van der Waals surface area contributed by atoms with Gasteiger partial charge in [-0.25, -0.2) is 4.39 Å². The fourth-order valence-electron chi connectivity index (χ4n) is 3.39. The lowest BCUT2D eigenvalue weighted by atomic mass is 10.1. The molecule has 0 aliphatic carbocycles. The van der Waals surface area contributed by atoms with Crippen LogP contribution in [0.4, 0.5) is 4.39 Å². The van der Waals surface area contributed by atoms with Crippen molar-refractivity contribution in [2.24, 2.45) is 4.99 Å². The van der Waals surface area contributed by atoms with Crippen molar-refractivity contribution in [3.05, 3.63) is 71.2 Å². The molecule has 5 nitrogen and oxygen atoms in total. The summed E-state index contributed by atoms with van der Waals surface area (Å²) < 4.78 is 18.6. The number of aromatic amines is 1. The van der Waals surface area contributed by atoms with Crippen molar-refractivity contribution in [2.75, 3.05) is 27.2 Å².